The SMILES string of the molecule is c1ccc2c(c1)oc1c(-c3ccc4oc5cc(-c6nc(-c7ccc8c(c7)c7ccccc7c7c(-c9cccc%10c9oc9ccc(-c%11ccc%12oc%13cc(-c%14nc(-c%15ccc(-c%16ccc%17c%18ccccc%18c%18ccccc%18c%17c%16)cc%15)nc(-c%15cccc%16oc%17ccccc%17c%15%16)n%14)ccc%13c%12c%11)cc9%10)cccc87)nc(-c7cccc8oc9ccccc9c78)n6)ccc5c4c3)cccc12. The van der Waals surface area contributed by atoms with E-state index < -0.39 is 0 Å². The van der Waals surface area contributed by atoms with Crippen molar-refractivity contribution >= 4 is 196 Å². The number of nitrogens with zero attached hydrogens (tertiary/aromatic N) is 6. The lowest BCUT2D eigenvalue weighted by Crippen LogP contribution is -2.00. The number of fused-ring (bicyclic) bond motifs is 30. The quantitative estimate of drug-likeness (QED) is 0.120. The Bertz CT molecular complexity index is 10000. The third-order valence-electron chi connectivity index (χ3n) is 27.2. The van der Waals surface area contributed by atoms with Crippen LogP contribution in [0.5, 0.6) is 0 Å². The molecule has 8 aromatic heterocycles. The molecule has 0 bridgehead atoms. The van der Waals surface area contributed by atoms with Gasteiger partial charge >= 0.3 is 0 Å². The first-order valence-electron chi connectivity index (χ1n) is 44.3. The molecule has 29 aromatic rings. The van der Waals surface area contributed by atoms with Gasteiger partial charge in [0.15, 0.2) is 34.9 Å². The Morgan fingerprint density at radius 2 is 0.402 bits per heavy atom. The molecule has 0 spiro atoms. The number of hydrogen-bond donors (Lipinski definition) is 0. The molecule has 0 saturated heterocycles. The van der Waals surface area contributed by atoms with Crippen LogP contribution in [0.3, 0.4) is 0 Å². The van der Waals surface area contributed by atoms with E-state index in [1.54, 1.807) is 0 Å². The predicted molar refractivity (Wildman–Crippen MR) is 536 cm³/mol. The first kappa shape index (κ1) is 72.2. The summed E-state index contributed by atoms with van der Waals surface area (Å²) in [4.78, 5) is 32.2. The number of aromatic nitrogens is 6. The lowest BCUT2D eigenvalue weighted by molar-refractivity contribution is 0.668. The molecule has 0 amide bonds. The third-order valence-corrected chi connectivity index (χ3v) is 27.2. The maximum Gasteiger partial charge on any atom is 0.164 e. The van der Waals surface area contributed by atoms with Crippen molar-refractivity contribution in [1.29, 1.82) is 0 Å². The fourth-order valence-electron chi connectivity index (χ4n) is 21.0. The van der Waals surface area contributed by atoms with Gasteiger partial charge in [0, 0.05) is 109 Å². The van der Waals surface area contributed by atoms with Crippen LogP contribution in [0.2, 0.25) is 0 Å². The summed E-state index contributed by atoms with van der Waals surface area (Å²) in [6.07, 6.45) is 0. The van der Waals surface area contributed by atoms with Gasteiger partial charge in [-0.15, -0.1) is 0 Å². The number of furan rings is 6. The fraction of sp³-hybridized carbons (Fsp3) is 0. The van der Waals surface area contributed by atoms with Gasteiger partial charge in [-0.1, -0.05) is 285 Å². The molecule has 0 aliphatic carbocycles. The molecule has 0 radical (unpaired) electrons. The Labute approximate surface area is 748 Å². The lowest BCUT2D eigenvalue weighted by Gasteiger charge is -2.15. The van der Waals surface area contributed by atoms with Crippen LogP contribution in [-0.4, -0.2) is 29.9 Å². The minimum atomic E-state index is 0.502. The van der Waals surface area contributed by atoms with Crippen LogP contribution in [0.1, 0.15) is 0 Å². The second-order valence-corrected chi connectivity index (χ2v) is 34.5. The summed E-state index contributed by atoms with van der Waals surface area (Å²) >= 11 is 0. The molecular formula is C120H64N6O6. The number of rotatable bonds is 10. The van der Waals surface area contributed by atoms with Gasteiger partial charge in [-0.3, -0.25) is 0 Å². The van der Waals surface area contributed by atoms with Gasteiger partial charge in [0.2, 0.25) is 0 Å². The number of hydrogen-bond acceptors (Lipinski definition) is 12. The average molecular weight is 1690 g/mol. The van der Waals surface area contributed by atoms with Crippen LogP contribution >= 0.6 is 0 Å². The van der Waals surface area contributed by atoms with Crippen LogP contribution in [0.4, 0.5) is 0 Å². The van der Waals surface area contributed by atoms with Crippen LogP contribution in [0.15, 0.2) is 415 Å². The molecule has 0 fully saturated rings. The average Bonchev–Trinajstić information content (AvgIpc) is 0.903. The zero-order chi connectivity index (χ0) is 86.1. The fourth-order valence-corrected chi connectivity index (χ4v) is 21.0. The lowest BCUT2D eigenvalue weighted by atomic mass is 9.88. The second kappa shape index (κ2) is 27.8. The summed E-state index contributed by atoms with van der Waals surface area (Å²) < 4.78 is 40.1. The molecule has 0 aliphatic heterocycles. The minimum Gasteiger partial charge on any atom is -0.456 e. The summed E-state index contributed by atoms with van der Waals surface area (Å²) in [7, 11) is 0. The molecular weight excluding hydrogens is 1620 g/mol. The van der Waals surface area contributed by atoms with Gasteiger partial charge in [0.1, 0.15) is 67.0 Å². The van der Waals surface area contributed by atoms with E-state index in [-0.39, 0.29) is 0 Å². The third kappa shape index (κ3) is 10.9. The van der Waals surface area contributed by atoms with E-state index >= 15 is 0 Å². The molecule has 0 unspecified atom stereocenters. The van der Waals surface area contributed by atoms with Crippen molar-refractivity contribution in [1.82, 2.24) is 29.9 Å². The van der Waals surface area contributed by atoms with E-state index in [1.165, 1.54) is 32.3 Å². The highest BCUT2D eigenvalue weighted by Gasteiger charge is 2.27. The molecule has 21 aromatic carbocycles. The van der Waals surface area contributed by atoms with E-state index in [0.29, 0.717) is 46.1 Å². The Morgan fingerprint density at radius 3 is 0.955 bits per heavy atom. The summed E-state index contributed by atoms with van der Waals surface area (Å²) in [5.74, 6) is 3.13. The highest BCUT2D eigenvalue weighted by Crippen LogP contribution is 2.49. The van der Waals surface area contributed by atoms with Crippen molar-refractivity contribution in [3.05, 3.63) is 388 Å². The van der Waals surface area contributed by atoms with Crippen LogP contribution in [0.25, 0.3) is 309 Å². The van der Waals surface area contributed by atoms with E-state index in [4.69, 9.17) is 56.4 Å². The summed E-state index contributed by atoms with van der Waals surface area (Å²) in [6.45, 7) is 0. The van der Waals surface area contributed by atoms with E-state index in [1.807, 2.05) is 72.8 Å². The molecule has 12 nitrogen and oxygen atoms in total. The monoisotopic (exact) mass is 1680 g/mol. The minimum absolute atomic E-state index is 0.502. The van der Waals surface area contributed by atoms with Gasteiger partial charge in [-0.25, -0.2) is 29.9 Å². The Kier molecular flexibility index (Phi) is 15.2. The van der Waals surface area contributed by atoms with E-state index in [9.17, 15) is 0 Å². The Hall–Kier alpha value is -18.0. The maximum atomic E-state index is 7.09. The van der Waals surface area contributed by atoms with Crippen molar-refractivity contribution < 1.29 is 26.5 Å². The van der Waals surface area contributed by atoms with Crippen molar-refractivity contribution in [2.75, 3.05) is 0 Å². The van der Waals surface area contributed by atoms with E-state index in [0.717, 1.165) is 231 Å². The van der Waals surface area contributed by atoms with Crippen molar-refractivity contribution in [3.8, 4) is 113 Å². The first-order valence-corrected chi connectivity index (χ1v) is 44.3. The first-order chi connectivity index (χ1) is 65.3. The molecule has 0 atom stereocenters. The van der Waals surface area contributed by atoms with E-state index in [2.05, 4.69) is 315 Å². The molecule has 132 heavy (non-hydrogen) atoms. The summed E-state index contributed by atoms with van der Waals surface area (Å²) in [5, 5.41) is 26.0. The van der Waals surface area contributed by atoms with Gasteiger partial charge in [0.05, 0.1) is 0 Å². The van der Waals surface area contributed by atoms with Crippen molar-refractivity contribution in [2.24, 2.45) is 0 Å². The Balaban J connectivity index is 0.508. The topological polar surface area (TPSA) is 156 Å². The zero-order valence-corrected chi connectivity index (χ0v) is 70.1. The molecule has 0 saturated carbocycles. The van der Waals surface area contributed by atoms with Crippen molar-refractivity contribution in [2.45, 2.75) is 0 Å². The molecule has 29 rings (SSSR count). The second-order valence-electron chi connectivity index (χ2n) is 34.5. The molecule has 12 heteroatoms. The van der Waals surface area contributed by atoms with Crippen LogP contribution in [0, 0.1) is 0 Å². The van der Waals surface area contributed by atoms with Gasteiger partial charge in [0.25, 0.3) is 0 Å². The molecule has 8 heterocycles. The number of para-hydroxylation sites is 5. The van der Waals surface area contributed by atoms with Gasteiger partial charge < -0.3 is 26.5 Å². The van der Waals surface area contributed by atoms with Crippen LogP contribution < -0.4 is 0 Å². The summed E-state index contributed by atoms with van der Waals surface area (Å²) in [6, 6.07) is 136. The van der Waals surface area contributed by atoms with Gasteiger partial charge in [-0.2, -0.15) is 0 Å². The predicted octanol–water partition coefficient (Wildman–Crippen LogP) is 33.0. The van der Waals surface area contributed by atoms with Crippen molar-refractivity contribution in [3.63, 3.8) is 0 Å². The highest BCUT2D eigenvalue weighted by molar-refractivity contribution is 6.31. The smallest absolute Gasteiger partial charge is 0.164 e. The van der Waals surface area contributed by atoms with Gasteiger partial charge in [-0.05, 0) is 201 Å². The number of benzene rings is 21. The highest BCUT2D eigenvalue weighted by atomic mass is 16.3. The Morgan fingerprint density at radius 1 is 0.121 bits per heavy atom. The normalized spacial score (nSPS) is 12.2. The molecule has 610 valence electrons. The molecule has 0 N–H and O–H groups in total. The largest absolute Gasteiger partial charge is 0.456 e. The summed E-state index contributed by atoms with van der Waals surface area (Å²) in [5.41, 5.74) is 22.8. The zero-order valence-electron chi connectivity index (χ0n) is 70.1. The molecule has 0 aliphatic rings. The van der Waals surface area contributed by atoms with Crippen LogP contribution in [-0.2, 0) is 0 Å². The maximum absolute atomic E-state index is 7.09. The standard InChI is InChI=1S/C120H64N6O6/c1-2-20-77-75(18-1)76-19-3-4-21-78(76)95-58-67(44-51-80(77)95)65-40-42-66(43-41-65)115-121-117(125-119(123-115)93-33-16-38-106-111(93)91-25-8-11-36-101(91)127-106)72-46-53-83-97-59-68(48-55-103(97)129-108(83)63-72)69-49-56-105-99(60-69)90-32-15-31-89(114(90)132-105)87-29-14-28-86-81-52-45-71(62-96(81)79-22-5-6-24-85(79)110(86)87)116-122-118(126-120(124-116)94-34-17-39-107-112(94)92-26-9-12-37-102(92)128-107)73-47-54-84-98-61-70(50-57-104(98)130-109(84)64-73)74-27-13-30-88-82-23-7-10-35-100(82)131-113(74)88/h1-64H.